The van der Waals surface area contributed by atoms with Crippen LogP contribution < -0.4 is 10.6 Å². The summed E-state index contributed by atoms with van der Waals surface area (Å²) in [7, 11) is 0. The number of carbonyl (C=O) groups is 1. The molecule has 0 fully saturated rings. The Hall–Kier alpha value is -0.220. The highest BCUT2D eigenvalue weighted by molar-refractivity contribution is 7.98. The first-order valence-corrected chi connectivity index (χ1v) is 7.05. The number of thioether (sulfide) groups is 1. The molecule has 4 heteroatoms. The molecule has 0 aromatic heterocycles. The number of amides is 1. The van der Waals surface area contributed by atoms with Gasteiger partial charge in [0.1, 0.15) is 0 Å². The van der Waals surface area contributed by atoms with E-state index < -0.39 is 0 Å². The van der Waals surface area contributed by atoms with E-state index in [4.69, 9.17) is 0 Å². The summed E-state index contributed by atoms with van der Waals surface area (Å²) in [6.07, 6.45) is 5.67. The van der Waals surface area contributed by atoms with Gasteiger partial charge in [-0.15, -0.1) is 0 Å². The molecule has 1 amide bonds. The molecule has 15 heavy (non-hydrogen) atoms. The molecule has 0 heterocycles. The van der Waals surface area contributed by atoms with Crippen LogP contribution in [0.25, 0.3) is 0 Å². The van der Waals surface area contributed by atoms with Gasteiger partial charge in [0.25, 0.3) is 0 Å². The summed E-state index contributed by atoms with van der Waals surface area (Å²) in [4.78, 5) is 11.3. The molecule has 0 aromatic carbocycles. The maximum atomic E-state index is 11.3. The first-order valence-electron chi connectivity index (χ1n) is 5.66. The zero-order valence-corrected chi connectivity index (χ0v) is 11.0. The van der Waals surface area contributed by atoms with Crippen LogP contribution >= 0.6 is 11.8 Å². The first-order chi connectivity index (χ1) is 7.16. The maximum absolute atomic E-state index is 11.3. The molecule has 0 unspecified atom stereocenters. The van der Waals surface area contributed by atoms with Gasteiger partial charge in [-0.3, -0.25) is 4.79 Å². The molecule has 0 atom stereocenters. The van der Waals surface area contributed by atoms with Gasteiger partial charge < -0.3 is 10.6 Å². The quantitative estimate of drug-likeness (QED) is 0.594. The summed E-state index contributed by atoms with van der Waals surface area (Å²) < 4.78 is 0. The van der Waals surface area contributed by atoms with Gasteiger partial charge in [-0.25, -0.2) is 0 Å². The van der Waals surface area contributed by atoms with Crippen molar-refractivity contribution in [2.45, 2.75) is 39.2 Å². The molecule has 0 spiro atoms. The molecule has 0 saturated carbocycles. The SMILES string of the molecule is CSCCCCCNC(=O)CNC(C)C. The number of rotatable bonds is 9. The van der Waals surface area contributed by atoms with E-state index in [2.05, 4.69) is 16.9 Å². The molecule has 0 saturated heterocycles. The summed E-state index contributed by atoms with van der Waals surface area (Å²) in [6, 6.07) is 0.373. The van der Waals surface area contributed by atoms with Crippen molar-refractivity contribution in [3.05, 3.63) is 0 Å². The fourth-order valence-corrected chi connectivity index (χ4v) is 1.63. The smallest absolute Gasteiger partial charge is 0.233 e. The second kappa shape index (κ2) is 10.3. The van der Waals surface area contributed by atoms with E-state index in [1.807, 2.05) is 25.6 Å². The van der Waals surface area contributed by atoms with Gasteiger partial charge in [0.15, 0.2) is 0 Å². The minimum atomic E-state index is 0.105. The van der Waals surface area contributed by atoms with E-state index in [0.717, 1.165) is 13.0 Å². The first kappa shape index (κ1) is 14.8. The van der Waals surface area contributed by atoms with Gasteiger partial charge >= 0.3 is 0 Å². The fraction of sp³-hybridized carbons (Fsp3) is 0.909. The van der Waals surface area contributed by atoms with E-state index in [1.54, 1.807) is 0 Å². The molecule has 0 aliphatic carbocycles. The van der Waals surface area contributed by atoms with Crippen molar-refractivity contribution in [1.29, 1.82) is 0 Å². The highest BCUT2D eigenvalue weighted by Crippen LogP contribution is 2.00. The van der Waals surface area contributed by atoms with E-state index in [-0.39, 0.29) is 5.91 Å². The zero-order valence-electron chi connectivity index (χ0n) is 10.1. The number of hydrogen-bond acceptors (Lipinski definition) is 3. The van der Waals surface area contributed by atoms with E-state index >= 15 is 0 Å². The van der Waals surface area contributed by atoms with Gasteiger partial charge in [-0.2, -0.15) is 11.8 Å². The molecule has 0 bridgehead atoms. The van der Waals surface area contributed by atoms with Crippen LogP contribution in [0, 0.1) is 0 Å². The molecular weight excluding hydrogens is 208 g/mol. The van der Waals surface area contributed by atoms with Crippen molar-refractivity contribution in [3.63, 3.8) is 0 Å². The van der Waals surface area contributed by atoms with Gasteiger partial charge in [0.05, 0.1) is 6.54 Å². The van der Waals surface area contributed by atoms with Crippen molar-refractivity contribution >= 4 is 17.7 Å². The van der Waals surface area contributed by atoms with Gasteiger partial charge in [0.2, 0.25) is 5.91 Å². The summed E-state index contributed by atoms with van der Waals surface area (Å²) >= 11 is 1.88. The lowest BCUT2D eigenvalue weighted by Gasteiger charge is -2.08. The van der Waals surface area contributed by atoms with Crippen LogP contribution in [-0.4, -0.2) is 37.0 Å². The minimum Gasteiger partial charge on any atom is -0.355 e. The molecule has 0 rings (SSSR count). The van der Waals surface area contributed by atoms with Crippen molar-refractivity contribution in [3.8, 4) is 0 Å². The van der Waals surface area contributed by atoms with Crippen LogP contribution in [0.2, 0.25) is 0 Å². The molecular formula is C11H24N2OS. The van der Waals surface area contributed by atoms with E-state index in [0.29, 0.717) is 12.6 Å². The van der Waals surface area contributed by atoms with Crippen molar-refractivity contribution in [2.75, 3.05) is 25.1 Å². The Bertz CT molecular complexity index is 163. The third-order valence-corrected chi connectivity index (χ3v) is 2.72. The lowest BCUT2D eigenvalue weighted by Crippen LogP contribution is -2.37. The van der Waals surface area contributed by atoms with Crippen LogP contribution in [0.5, 0.6) is 0 Å². The normalized spacial score (nSPS) is 10.7. The summed E-state index contributed by atoms with van der Waals surface area (Å²) in [5.74, 6) is 1.33. The third-order valence-electron chi connectivity index (χ3n) is 2.02. The van der Waals surface area contributed by atoms with Gasteiger partial charge in [-0.1, -0.05) is 20.3 Å². The van der Waals surface area contributed by atoms with Crippen LogP contribution in [0.4, 0.5) is 0 Å². The van der Waals surface area contributed by atoms with Crippen LogP contribution in [0.3, 0.4) is 0 Å². The average Bonchev–Trinajstić information content (AvgIpc) is 2.20. The largest absolute Gasteiger partial charge is 0.355 e. The molecule has 0 radical (unpaired) electrons. The molecule has 3 nitrogen and oxygen atoms in total. The average molecular weight is 232 g/mol. The monoisotopic (exact) mass is 232 g/mol. The lowest BCUT2D eigenvalue weighted by molar-refractivity contribution is -0.120. The Morgan fingerprint density at radius 3 is 2.60 bits per heavy atom. The molecule has 0 aromatic rings. The maximum Gasteiger partial charge on any atom is 0.233 e. The predicted octanol–water partition coefficient (Wildman–Crippen LogP) is 1.63. The van der Waals surface area contributed by atoms with Crippen LogP contribution in [0.15, 0.2) is 0 Å². The Labute approximate surface area is 97.8 Å². The topological polar surface area (TPSA) is 41.1 Å². The number of carbonyl (C=O) groups excluding carboxylic acids is 1. The van der Waals surface area contributed by atoms with Crippen molar-refractivity contribution < 1.29 is 4.79 Å². The molecule has 90 valence electrons. The van der Waals surface area contributed by atoms with Gasteiger partial charge in [0, 0.05) is 12.6 Å². The number of hydrogen-bond donors (Lipinski definition) is 2. The molecule has 0 aliphatic rings. The third kappa shape index (κ3) is 11.7. The summed E-state index contributed by atoms with van der Waals surface area (Å²) in [5.41, 5.74) is 0. The van der Waals surface area contributed by atoms with Crippen molar-refractivity contribution in [2.24, 2.45) is 0 Å². The Morgan fingerprint density at radius 2 is 2.00 bits per heavy atom. The second-order valence-corrected chi connectivity index (χ2v) is 4.92. The molecule has 0 aliphatic heterocycles. The lowest BCUT2D eigenvalue weighted by atomic mass is 10.2. The molecule has 2 N–H and O–H groups in total. The Balaban J connectivity index is 3.17. The highest BCUT2D eigenvalue weighted by Gasteiger charge is 2.00. The number of nitrogens with one attached hydrogen (secondary N) is 2. The zero-order chi connectivity index (χ0) is 11.5. The fourth-order valence-electron chi connectivity index (χ4n) is 1.14. The van der Waals surface area contributed by atoms with E-state index in [9.17, 15) is 4.79 Å². The minimum absolute atomic E-state index is 0.105. The predicted molar refractivity (Wildman–Crippen MR) is 68.4 cm³/mol. The number of unbranched alkanes of at least 4 members (excludes halogenated alkanes) is 2. The summed E-state index contributed by atoms with van der Waals surface area (Å²) in [6.45, 7) is 5.32. The Kier molecular flexibility index (Phi) is 10.2. The highest BCUT2D eigenvalue weighted by atomic mass is 32.2. The Morgan fingerprint density at radius 1 is 1.27 bits per heavy atom. The standard InChI is InChI=1S/C11H24N2OS/c1-10(2)13-9-11(14)12-7-5-4-6-8-15-3/h10,13H,4-9H2,1-3H3,(H,12,14). The second-order valence-electron chi connectivity index (χ2n) is 3.94. The van der Waals surface area contributed by atoms with Crippen LogP contribution in [0.1, 0.15) is 33.1 Å². The van der Waals surface area contributed by atoms with E-state index in [1.165, 1.54) is 18.6 Å². The van der Waals surface area contributed by atoms with Crippen LogP contribution in [-0.2, 0) is 4.79 Å². The van der Waals surface area contributed by atoms with Gasteiger partial charge in [-0.05, 0) is 24.9 Å². The summed E-state index contributed by atoms with van der Waals surface area (Å²) in [5, 5.41) is 6.00. The van der Waals surface area contributed by atoms with Crippen molar-refractivity contribution in [1.82, 2.24) is 10.6 Å².